The number of methoxy groups -OCH3 is 2. The van der Waals surface area contributed by atoms with Gasteiger partial charge in [-0.25, -0.2) is 8.42 Å². The maximum absolute atomic E-state index is 12.2. The quantitative estimate of drug-likeness (QED) is 0.872. The van der Waals surface area contributed by atoms with Crippen LogP contribution < -0.4 is 15.2 Å². The van der Waals surface area contributed by atoms with E-state index in [2.05, 4.69) is 0 Å². The second-order valence-corrected chi connectivity index (χ2v) is 6.72. The zero-order valence-corrected chi connectivity index (χ0v) is 11.9. The Hall–Kier alpha value is -1.27. The summed E-state index contributed by atoms with van der Waals surface area (Å²) in [6, 6.07) is 4.59. The number of sulfone groups is 1. The Kier molecular flexibility index (Phi) is 4.24. The molecule has 0 aromatic heterocycles. The molecule has 1 rings (SSSR count). The van der Waals surface area contributed by atoms with Crippen molar-refractivity contribution in [3.05, 3.63) is 18.2 Å². The van der Waals surface area contributed by atoms with Crippen LogP contribution in [-0.2, 0) is 9.84 Å². The Labute approximate surface area is 108 Å². The molecule has 0 aliphatic rings. The smallest absolute Gasteiger partial charge is 0.183 e. The summed E-state index contributed by atoms with van der Waals surface area (Å²) in [7, 11) is -0.567. The third kappa shape index (κ3) is 3.61. The lowest BCUT2D eigenvalue weighted by Gasteiger charge is -2.19. The lowest BCUT2D eigenvalue weighted by atomic mass is 10.1. The number of hydrogen-bond donors (Lipinski definition) is 1. The van der Waals surface area contributed by atoms with E-state index in [1.165, 1.54) is 26.4 Å². The number of hydrogen-bond acceptors (Lipinski definition) is 5. The van der Waals surface area contributed by atoms with Crippen LogP contribution in [0, 0.1) is 0 Å². The molecule has 0 amide bonds. The van der Waals surface area contributed by atoms with Crippen molar-refractivity contribution >= 4 is 9.84 Å². The molecular formula is C12H19NO4S. The van der Waals surface area contributed by atoms with Gasteiger partial charge in [-0.2, -0.15) is 0 Å². The molecule has 1 aromatic carbocycles. The van der Waals surface area contributed by atoms with Gasteiger partial charge >= 0.3 is 0 Å². The van der Waals surface area contributed by atoms with Gasteiger partial charge in [-0.05, 0) is 26.0 Å². The minimum Gasteiger partial charge on any atom is -0.497 e. The van der Waals surface area contributed by atoms with Crippen LogP contribution in [0.3, 0.4) is 0 Å². The standard InChI is InChI=1S/C12H19NO4S/c1-12(2,13)8-18(14,15)11-6-5-9(16-3)7-10(11)17-4/h5-7H,8,13H2,1-4H3. The fourth-order valence-corrected chi connectivity index (χ4v) is 3.46. The molecule has 0 saturated heterocycles. The molecule has 0 aliphatic heterocycles. The first-order chi connectivity index (χ1) is 8.19. The SMILES string of the molecule is COc1ccc(S(=O)(=O)CC(C)(C)N)c(OC)c1. The molecule has 5 nitrogen and oxygen atoms in total. The van der Waals surface area contributed by atoms with Gasteiger partial charge in [-0.3, -0.25) is 0 Å². The molecular weight excluding hydrogens is 254 g/mol. The van der Waals surface area contributed by atoms with E-state index in [9.17, 15) is 8.42 Å². The lowest BCUT2D eigenvalue weighted by Crippen LogP contribution is -2.39. The second-order valence-electron chi connectivity index (χ2n) is 4.76. The molecule has 0 radical (unpaired) electrons. The predicted octanol–water partition coefficient (Wildman–Crippen LogP) is 1.21. The third-order valence-electron chi connectivity index (χ3n) is 2.27. The van der Waals surface area contributed by atoms with Crippen LogP contribution >= 0.6 is 0 Å². The molecule has 0 spiro atoms. The normalized spacial score (nSPS) is 12.3. The molecule has 0 fully saturated rings. The average Bonchev–Trinajstić information content (AvgIpc) is 2.24. The van der Waals surface area contributed by atoms with Gasteiger partial charge in [0, 0.05) is 11.6 Å². The van der Waals surface area contributed by atoms with Crippen molar-refractivity contribution in [2.24, 2.45) is 5.73 Å². The topological polar surface area (TPSA) is 78.6 Å². The monoisotopic (exact) mass is 273 g/mol. The van der Waals surface area contributed by atoms with Gasteiger partial charge in [0.05, 0.1) is 20.0 Å². The minimum atomic E-state index is -3.49. The summed E-state index contributed by atoms with van der Waals surface area (Å²) in [5.41, 5.74) is 4.96. The summed E-state index contributed by atoms with van der Waals surface area (Å²) in [6.45, 7) is 3.33. The van der Waals surface area contributed by atoms with Crippen LogP contribution in [0.15, 0.2) is 23.1 Å². The van der Waals surface area contributed by atoms with Crippen molar-refractivity contribution in [1.29, 1.82) is 0 Å². The first kappa shape index (κ1) is 14.8. The van der Waals surface area contributed by atoms with Gasteiger partial charge in [-0.15, -0.1) is 0 Å². The summed E-state index contributed by atoms with van der Waals surface area (Å²) in [5.74, 6) is 0.652. The van der Waals surface area contributed by atoms with E-state index in [1.54, 1.807) is 19.9 Å². The molecule has 0 aliphatic carbocycles. The van der Waals surface area contributed by atoms with Gasteiger partial charge < -0.3 is 15.2 Å². The maximum atomic E-state index is 12.2. The van der Waals surface area contributed by atoms with Crippen molar-refractivity contribution in [3.63, 3.8) is 0 Å². The molecule has 0 bridgehead atoms. The Morgan fingerprint density at radius 2 is 1.83 bits per heavy atom. The second kappa shape index (κ2) is 5.16. The largest absolute Gasteiger partial charge is 0.497 e. The number of ether oxygens (including phenoxy) is 2. The Bertz CT molecular complexity index is 517. The molecule has 6 heteroatoms. The van der Waals surface area contributed by atoms with Gasteiger partial charge in [-0.1, -0.05) is 0 Å². The van der Waals surface area contributed by atoms with E-state index in [-0.39, 0.29) is 16.4 Å². The van der Waals surface area contributed by atoms with E-state index in [1.807, 2.05) is 0 Å². The van der Waals surface area contributed by atoms with Crippen molar-refractivity contribution in [3.8, 4) is 11.5 Å². The van der Waals surface area contributed by atoms with Crippen LogP contribution in [0.2, 0.25) is 0 Å². The fourth-order valence-electron chi connectivity index (χ4n) is 1.60. The summed E-state index contributed by atoms with van der Waals surface area (Å²) in [4.78, 5) is 0.129. The highest BCUT2D eigenvalue weighted by Crippen LogP contribution is 2.30. The minimum absolute atomic E-state index is 0.129. The van der Waals surface area contributed by atoms with Gasteiger partial charge in [0.2, 0.25) is 0 Å². The Morgan fingerprint density at radius 1 is 1.22 bits per heavy atom. The fraction of sp³-hybridized carbons (Fsp3) is 0.500. The summed E-state index contributed by atoms with van der Waals surface area (Å²) < 4.78 is 34.6. The molecule has 18 heavy (non-hydrogen) atoms. The van der Waals surface area contributed by atoms with Crippen molar-refractivity contribution in [2.75, 3.05) is 20.0 Å². The Balaban J connectivity index is 3.24. The highest BCUT2D eigenvalue weighted by atomic mass is 32.2. The number of nitrogens with two attached hydrogens (primary N) is 1. The van der Waals surface area contributed by atoms with Crippen molar-refractivity contribution in [2.45, 2.75) is 24.3 Å². The van der Waals surface area contributed by atoms with Gasteiger partial charge in [0.25, 0.3) is 0 Å². The van der Waals surface area contributed by atoms with Gasteiger partial charge in [0.1, 0.15) is 16.4 Å². The summed E-state index contributed by atoms with van der Waals surface area (Å²) in [6.07, 6.45) is 0. The molecule has 102 valence electrons. The first-order valence-corrected chi connectivity index (χ1v) is 7.08. The highest BCUT2D eigenvalue weighted by Gasteiger charge is 2.26. The van der Waals surface area contributed by atoms with E-state index in [0.29, 0.717) is 5.75 Å². The number of benzene rings is 1. The van der Waals surface area contributed by atoms with E-state index in [4.69, 9.17) is 15.2 Å². The Morgan fingerprint density at radius 3 is 2.28 bits per heavy atom. The van der Waals surface area contributed by atoms with E-state index < -0.39 is 15.4 Å². The molecule has 0 atom stereocenters. The van der Waals surface area contributed by atoms with Crippen LogP contribution in [-0.4, -0.2) is 33.9 Å². The maximum Gasteiger partial charge on any atom is 0.183 e. The third-order valence-corrected chi connectivity index (χ3v) is 4.40. The molecule has 2 N–H and O–H groups in total. The van der Waals surface area contributed by atoms with Crippen LogP contribution in [0.25, 0.3) is 0 Å². The lowest BCUT2D eigenvalue weighted by molar-refractivity contribution is 0.386. The van der Waals surface area contributed by atoms with E-state index >= 15 is 0 Å². The zero-order chi connectivity index (χ0) is 14.0. The zero-order valence-electron chi connectivity index (χ0n) is 11.1. The van der Waals surface area contributed by atoms with Crippen LogP contribution in [0.4, 0.5) is 0 Å². The van der Waals surface area contributed by atoms with Crippen LogP contribution in [0.5, 0.6) is 11.5 Å². The van der Waals surface area contributed by atoms with E-state index in [0.717, 1.165) is 0 Å². The average molecular weight is 273 g/mol. The van der Waals surface area contributed by atoms with Gasteiger partial charge in [0.15, 0.2) is 9.84 Å². The first-order valence-electron chi connectivity index (χ1n) is 5.43. The molecule has 0 heterocycles. The number of rotatable bonds is 5. The summed E-state index contributed by atoms with van der Waals surface area (Å²) >= 11 is 0. The molecule has 0 unspecified atom stereocenters. The molecule has 1 aromatic rings. The van der Waals surface area contributed by atoms with Crippen molar-refractivity contribution < 1.29 is 17.9 Å². The highest BCUT2D eigenvalue weighted by molar-refractivity contribution is 7.91. The van der Waals surface area contributed by atoms with Crippen LogP contribution in [0.1, 0.15) is 13.8 Å². The molecule has 0 saturated carbocycles. The predicted molar refractivity (Wildman–Crippen MR) is 69.9 cm³/mol. The van der Waals surface area contributed by atoms with Crippen molar-refractivity contribution in [1.82, 2.24) is 0 Å². The summed E-state index contributed by atoms with van der Waals surface area (Å²) in [5, 5.41) is 0.